The smallest absolute Gasteiger partial charge is 0.00723 e. The Morgan fingerprint density at radius 1 is 0.733 bits per heavy atom. The van der Waals surface area contributed by atoms with E-state index >= 15 is 0 Å². The van der Waals surface area contributed by atoms with E-state index in [0.717, 1.165) is 79.4 Å². The molecule has 174 valence electrons. The molecule has 0 spiro atoms. The van der Waals surface area contributed by atoms with E-state index in [1.165, 1.54) is 51.5 Å². The standard InChI is InChI=1S/C27H51N3/c1-19(26-17-21-5-7-23(26)15-21)13-25(30-12-4-11-29-10-3-9-28)14-20(2)27-18-22-6-8-24(27)16-22/h19-27,29-30H,3-18,28H2,1-2H3. The Balaban J connectivity index is 1.25. The summed E-state index contributed by atoms with van der Waals surface area (Å²) in [5.41, 5.74) is 5.60. The van der Waals surface area contributed by atoms with E-state index < -0.39 is 0 Å². The van der Waals surface area contributed by atoms with Gasteiger partial charge in [0.25, 0.3) is 0 Å². The van der Waals surface area contributed by atoms with Gasteiger partial charge in [-0.25, -0.2) is 0 Å². The Bertz CT molecular complexity index is 472. The number of hydrogen-bond acceptors (Lipinski definition) is 3. The van der Waals surface area contributed by atoms with E-state index in [-0.39, 0.29) is 0 Å². The number of nitrogens with two attached hydrogens (primary N) is 1. The largest absolute Gasteiger partial charge is 0.330 e. The zero-order valence-corrected chi connectivity index (χ0v) is 20.1. The van der Waals surface area contributed by atoms with Gasteiger partial charge in [-0.3, -0.25) is 0 Å². The first-order chi connectivity index (χ1) is 14.6. The molecule has 3 nitrogen and oxygen atoms in total. The second-order valence-electron chi connectivity index (χ2n) is 12.0. The maximum atomic E-state index is 5.60. The van der Waals surface area contributed by atoms with Gasteiger partial charge < -0.3 is 16.4 Å². The molecule has 8 atom stereocenters. The van der Waals surface area contributed by atoms with E-state index in [9.17, 15) is 0 Å². The monoisotopic (exact) mass is 417 g/mol. The summed E-state index contributed by atoms with van der Waals surface area (Å²) in [5, 5.41) is 7.59. The van der Waals surface area contributed by atoms with Crippen LogP contribution in [0.2, 0.25) is 0 Å². The molecule has 8 unspecified atom stereocenters. The van der Waals surface area contributed by atoms with Gasteiger partial charge in [0.15, 0.2) is 0 Å². The molecule has 0 saturated heterocycles. The van der Waals surface area contributed by atoms with Crippen molar-refractivity contribution in [1.82, 2.24) is 10.6 Å². The Labute approximate surface area is 187 Å². The highest BCUT2D eigenvalue weighted by Gasteiger charge is 2.44. The zero-order valence-electron chi connectivity index (χ0n) is 20.1. The van der Waals surface area contributed by atoms with Gasteiger partial charge >= 0.3 is 0 Å². The van der Waals surface area contributed by atoms with E-state index in [4.69, 9.17) is 5.73 Å². The molecule has 0 amide bonds. The molecule has 0 aromatic carbocycles. The lowest BCUT2D eigenvalue weighted by molar-refractivity contribution is 0.179. The van der Waals surface area contributed by atoms with Crippen LogP contribution in [0.4, 0.5) is 0 Å². The van der Waals surface area contributed by atoms with Crippen molar-refractivity contribution >= 4 is 0 Å². The lowest BCUT2D eigenvalue weighted by Gasteiger charge is -2.34. The van der Waals surface area contributed by atoms with Gasteiger partial charge in [-0.15, -0.1) is 0 Å². The summed E-state index contributed by atoms with van der Waals surface area (Å²) in [6, 6.07) is 0.734. The van der Waals surface area contributed by atoms with E-state index in [2.05, 4.69) is 24.5 Å². The Kier molecular flexibility index (Phi) is 8.56. The van der Waals surface area contributed by atoms with Crippen molar-refractivity contribution in [2.75, 3.05) is 26.2 Å². The predicted octanol–water partition coefficient (Wildman–Crippen LogP) is 5.20. The normalized spacial score (nSPS) is 37.7. The minimum atomic E-state index is 0.734. The summed E-state index contributed by atoms with van der Waals surface area (Å²) in [5.74, 6) is 8.19. The summed E-state index contributed by atoms with van der Waals surface area (Å²) >= 11 is 0. The second-order valence-corrected chi connectivity index (χ2v) is 12.0. The minimum absolute atomic E-state index is 0.734. The van der Waals surface area contributed by atoms with Crippen molar-refractivity contribution in [3.63, 3.8) is 0 Å². The van der Waals surface area contributed by atoms with Crippen LogP contribution in [0.5, 0.6) is 0 Å². The predicted molar refractivity (Wildman–Crippen MR) is 128 cm³/mol. The molecule has 0 aliphatic heterocycles. The molecule has 0 aromatic rings. The average molecular weight is 418 g/mol. The molecule has 3 heteroatoms. The van der Waals surface area contributed by atoms with Crippen molar-refractivity contribution < 1.29 is 0 Å². The zero-order chi connectivity index (χ0) is 20.9. The summed E-state index contributed by atoms with van der Waals surface area (Å²) in [6.45, 7) is 9.36. The van der Waals surface area contributed by atoms with Gasteiger partial charge in [-0.2, -0.15) is 0 Å². The van der Waals surface area contributed by atoms with Crippen LogP contribution in [0, 0.1) is 47.3 Å². The summed E-state index contributed by atoms with van der Waals surface area (Å²) in [7, 11) is 0. The molecule has 30 heavy (non-hydrogen) atoms. The molecular formula is C27H51N3. The number of rotatable bonds is 14. The van der Waals surface area contributed by atoms with Crippen molar-refractivity contribution in [3.8, 4) is 0 Å². The van der Waals surface area contributed by atoms with Crippen LogP contribution < -0.4 is 16.4 Å². The molecule has 4 bridgehead atoms. The van der Waals surface area contributed by atoms with Gasteiger partial charge in [-0.1, -0.05) is 26.7 Å². The molecule has 4 fully saturated rings. The molecule has 4 N–H and O–H groups in total. The third-order valence-corrected chi connectivity index (χ3v) is 9.88. The van der Waals surface area contributed by atoms with E-state index in [1.807, 2.05) is 0 Å². The maximum absolute atomic E-state index is 5.60. The molecule has 4 aliphatic carbocycles. The van der Waals surface area contributed by atoms with Crippen LogP contribution in [-0.4, -0.2) is 32.2 Å². The lowest BCUT2D eigenvalue weighted by Crippen LogP contribution is -2.37. The van der Waals surface area contributed by atoms with Crippen LogP contribution in [0.1, 0.15) is 90.9 Å². The second kappa shape index (κ2) is 11.1. The van der Waals surface area contributed by atoms with Gasteiger partial charge in [0.1, 0.15) is 0 Å². The highest BCUT2D eigenvalue weighted by Crippen LogP contribution is 2.53. The summed E-state index contributed by atoms with van der Waals surface area (Å²) in [4.78, 5) is 0. The van der Waals surface area contributed by atoms with Gasteiger partial charge in [0.05, 0.1) is 0 Å². The lowest BCUT2D eigenvalue weighted by atomic mass is 9.74. The fourth-order valence-electron chi connectivity index (χ4n) is 8.36. The quantitative estimate of drug-likeness (QED) is 0.341. The van der Waals surface area contributed by atoms with Crippen LogP contribution in [0.25, 0.3) is 0 Å². The molecule has 4 aliphatic rings. The first-order valence-corrected chi connectivity index (χ1v) is 13.8. The van der Waals surface area contributed by atoms with Crippen molar-refractivity contribution in [2.24, 2.45) is 53.1 Å². The highest BCUT2D eigenvalue weighted by molar-refractivity contribution is 4.95. The van der Waals surface area contributed by atoms with Gasteiger partial charge in [0.2, 0.25) is 0 Å². The van der Waals surface area contributed by atoms with Crippen molar-refractivity contribution in [3.05, 3.63) is 0 Å². The van der Waals surface area contributed by atoms with Crippen molar-refractivity contribution in [1.29, 1.82) is 0 Å². The minimum Gasteiger partial charge on any atom is -0.330 e. The fourth-order valence-corrected chi connectivity index (χ4v) is 8.36. The Hall–Kier alpha value is -0.120. The summed E-state index contributed by atoms with van der Waals surface area (Å²) < 4.78 is 0. The van der Waals surface area contributed by atoms with Gasteiger partial charge in [0, 0.05) is 6.04 Å². The molecule has 0 heterocycles. The summed E-state index contributed by atoms with van der Waals surface area (Å²) in [6.07, 6.45) is 17.5. The number of fused-ring (bicyclic) bond motifs is 4. The highest BCUT2D eigenvalue weighted by atomic mass is 14.9. The molecular weight excluding hydrogens is 366 g/mol. The Morgan fingerprint density at radius 2 is 1.30 bits per heavy atom. The van der Waals surface area contributed by atoms with Crippen LogP contribution >= 0.6 is 0 Å². The van der Waals surface area contributed by atoms with Gasteiger partial charge in [-0.05, 0) is 138 Å². The fraction of sp³-hybridized carbons (Fsp3) is 1.00. The maximum Gasteiger partial charge on any atom is 0.00723 e. The SMILES string of the molecule is CC(CC(CC(C)C1CC2CCC1C2)NCCCNCCCN)C1CC2CCC1C2. The van der Waals surface area contributed by atoms with Crippen molar-refractivity contribution in [2.45, 2.75) is 96.9 Å². The van der Waals surface area contributed by atoms with E-state index in [0.29, 0.717) is 0 Å². The first-order valence-electron chi connectivity index (χ1n) is 13.8. The molecule has 0 aromatic heterocycles. The topological polar surface area (TPSA) is 50.1 Å². The first kappa shape index (κ1) is 23.1. The third kappa shape index (κ3) is 5.81. The number of nitrogens with one attached hydrogen (secondary N) is 2. The third-order valence-electron chi connectivity index (χ3n) is 9.88. The van der Waals surface area contributed by atoms with Crippen LogP contribution in [0.3, 0.4) is 0 Å². The van der Waals surface area contributed by atoms with Crippen LogP contribution in [0.15, 0.2) is 0 Å². The molecule has 4 rings (SSSR count). The molecule has 4 saturated carbocycles. The average Bonchev–Trinajstić information content (AvgIpc) is 3.54. The van der Waals surface area contributed by atoms with Crippen LogP contribution in [-0.2, 0) is 0 Å². The Morgan fingerprint density at radius 3 is 1.77 bits per heavy atom. The number of hydrogen-bond donors (Lipinski definition) is 3. The van der Waals surface area contributed by atoms with E-state index in [1.54, 1.807) is 25.7 Å². The molecule has 0 radical (unpaired) electrons.